The lowest BCUT2D eigenvalue weighted by molar-refractivity contribution is -0.122. The molecule has 0 radical (unpaired) electrons. The summed E-state index contributed by atoms with van der Waals surface area (Å²) in [5.41, 5.74) is 1.57. The summed E-state index contributed by atoms with van der Waals surface area (Å²) < 4.78 is 0. The fourth-order valence-corrected chi connectivity index (χ4v) is 3.28. The quantitative estimate of drug-likeness (QED) is 0.760. The summed E-state index contributed by atoms with van der Waals surface area (Å²) in [7, 11) is 0. The molecule has 0 bridgehead atoms. The molecule has 0 saturated heterocycles. The minimum absolute atomic E-state index is 0.0715. The van der Waals surface area contributed by atoms with E-state index in [1.165, 1.54) is 0 Å². The second-order valence-corrected chi connectivity index (χ2v) is 8.33. The molecule has 0 aliphatic rings. The summed E-state index contributed by atoms with van der Waals surface area (Å²) in [6, 6.07) is 19.7. The predicted molar refractivity (Wildman–Crippen MR) is 106 cm³/mol. The molecule has 3 heteroatoms. The van der Waals surface area contributed by atoms with Crippen LogP contribution in [0.25, 0.3) is 0 Å². The van der Waals surface area contributed by atoms with Gasteiger partial charge in [-0.1, -0.05) is 36.4 Å². The number of rotatable bonds is 4. The lowest BCUT2D eigenvalue weighted by Gasteiger charge is -2.45. The van der Waals surface area contributed by atoms with Gasteiger partial charge in [0.05, 0.1) is 6.54 Å². The van der Waals surface area contributed by atoms with Crippen LogP contribution in [0.15, 0.2) is 60.7 Å². The van der Waals surface area contributed by atoms with Crippen LogP contribution in [0.4, 0.5) is 11.4 Å². The molecule has 0 saturated carbocycles. The van der Waals surface area contributed by atoms with Gasteiger partial charge in [0.25, 0.3) is 0 Å². The summed E-state index contributed by atoms with van der Waals surface area (Å²) >= 11 is 0. The number of benzene rings is 2. The van der Waals surface area contributed by atoms with Crippen LogP contribution in [0.1, 0.15) is 41.5 Å². The third kappa shape index (κ3) is 4.93. The SMILES string of the molecule is CC(C)(C)N(CC(=O)N(c1ccccc1)c1ccccc1)C(C)(C)C. The molecule has 3 nitrogen and oxygen atoms in total. The molecule has 25 heavy (non-hydrogen) atoms. The largest absolute Gasteiger partial charge is 0.285 e. The molecule has 0 heterocycles. The smallest absolute Gasteiger partial charge is 0.245 e. The summed E-state index contributed by atoms with van der Waals surface area (Å²) in [5.74, 6) is 0.0715. The van der Waals surface area contributed by atoms with E-state index in [1.807, 2.05) is 65.6 Å². The fourth-order valence-electron chi connectivity index (χ4n) is 3.28. The van der Waals surface area contributed by atoms with E-state index in [9.17, 15) is 4.79 Å². The number of para-hydroxylation sites is 2. The predicted octanol–water partition coefficient (Wildman–Crippen LogP) is 5.25. The number of nitrogens with zero attached hydrogens (tertiary/aromatic N) is 2. The van der Waals surface area contributed by atoms with E-state index in [0.29, 0.717) is 6.54 Å². The third-order valence-corrected chi connectivity index (χ3v) is 4.19. The minimum Gasteiger partial charge on any atom is -0.285 e. The highest BCUT2D eigenvalue weighted by molar-refractivity contribution is 6.01. The molecule has 2 aromatic carbocycles. The van der Waals surface area contributed by atoms with Crippen LogP contribution < -0.4 is 4.90 Å². The Kier molecular flexibility index (Phi) is 5.69. The Balaban J connectivity index is 2.40. The molecular weight excluding hydrogens is 308 g/mol. The van der Waals surface area contributed by atoms with Crippen molar-refractivity contribution < 1.29 is 4.79 Å². The Labute approximate surface area is 152 Å². The number of carbonyl (C=O) groups is 1. The average Bonchev–Trinajstić information content (AvgIpc) is 2.53. The maximum absolute atomic E-state index is 13.3. The lowest BCUT2D eigenvalue weighted by Crippen LogP contribution is -2.56. The lowest BCUT2D eigenvalue weighted by atomic mass is 9.96. The molecule has 0 aliphatic heterocycles. The van der Waals surface area contributed by atoms with Crippen LogP contribution in [0.3, 0.4) is 0 Å². The Bertz CT molecular complexity index is 628. The van der Waals surface area contributed by atoms with Gasteiger partial charge in [0.1, 0.15) is 0 Å². The second kappa shape index (κ2) is 7.40. The van der Waals surface area contributed by atoms with Crippen molar-refractivity contribution in [2.75, 3.05) is 11.4 Å². The topological polar surface area (TPSA) is 23.6 Å². The Morgan fingerprint density at radius 1 is 0.720 bits per heavy atom. The van der Waals surface area contributed by atoms with Crippen molar-refractivity contribution in [1.82, 2.24) is 4.90 Å². The zero-order valence-corrected chi connectivity index (χ0v) is 16.3. The first kappa shape index (κ1) is 19.2. The van der Waals surface area contributed by atoms with Gasteiger partial charge in [-0.15, -0.1) is 0 Å². The first-order chi connectivity index (χ1) is 11.6. The van der Waals surface area contributed by atoms with E-state index >= 15 is 0 Å². The molecule has 0 unspecified atom stereocenters. The van der Waals surface area contributed by atoms with E-state index in [1.54, 1.807) is 0 Å². The normalized spacial score (nSPS) is 12.3. The van der Waals surface area contributed by atoms with Gasteiger partial charge in [-0.3, -0.25) is 14.6 Å². The van der Waals surface area contributed by atoms with Crippen molar-refractivity contribution in [3.05, 3.63) is 60.7 Å². The molecule has 0 aliphatic carbocycles. The zero-order chi connectivity index (χ0) is 18.7. The van der Waals surface area contributed by atoms with Crippen LogP contribution in [-0.4, -0.2) is 28.4 Å². The molecule has 0 fully saturated rings. The van der Waals surface area contributed by atoms with Gasteiger partial charge in [0, 0.05) is 22.5 Å². The maximum atomic E-state index is 13.3. The number of anilines is 2. The van der Waals surface area contributed by atoms with Gasteiger partial charge in [-0.2, -0.15) is 0 Å². The minimum atomic E-state index is -0.104. The molecular formula is C22H30N2O. The first-order valence-electron chi connectivity index (χ1n) is 8.81. The fraction of sp³-hybridized carbons (Fsp3) is 0.409. The highest BCUT2D eigenvalue weighted by Gasteiger charge is 2.34. The molecule has 0 N–H and O–H groups in total. The van der Waals surface area contributed by atoms with Gasteiger partial charge in [-0.05, 0) is 65.8 Å². The molecule has 0 atom stereocenters. The first-order valence-corrected chi connectivity index (χ1v) is 8.81. The summed E-state index contributed by atoms with van der Waals surface area (Å²) in [4.78, 5) is 17.4. The summed E-state index contributed by atoms with van der Waals surface area (Å²) in [6.45, 7) is 13.3. The number of amides is 1. The number of carbonyl (C=O) groups excluding carboxylic acids is 1. The monoisotopic (exact) mass is 338 g/mol. The van der Waals surface area contributed by atoms with Gasteiger partial charge in [-0.25, -0.2) is 0 Å². The maximum Gasteiger partial charge on any atom is 0.245 e. The Morgan fingerprint density at radius 2 is 1.08 bits per heavy atom. The van der Waals surface area contributed by atoms with E-state index in [0.717, 1.165) is 11.4 Å². The van der Waals surface area contributed by atoms with E-state index < -0.39 is 0 Å². The van der Waals surface area contributed by atoms with E-state index in [-0.39, 0.29) is 17.0 Å². The standard InChI is InChI=1S/C22H30N2O/c1-21(2,3)23(22(4,5)6)17-20(25)24(18-13-9-7-10-14-18)19-15-11-8-12-16-19/h7-16H,17H2,1-6H3. The molecule has 134 valence electrons. The molecule has 2 rings (SSSR count). The highest BCUT2D eigenvalue weighted by Crippen LogP contribution is 2.29. The van der Waals surface area contributed by atoms with Crippen LogP contribution in [0.5, 0.6) is 0 Å². The van der Waals surface area contributed by atoms with Crippen molar-refractivity contribution >= 4 is 17.3 Å². The van der Waals surface area contributed by atoms with Gasteiger partial charge < -0.3 is 0 Å². The van der Waals surface area contributed by atoms with Gasteiger partial charge in [0.2, 0.25) is 5.91 Å². The van der Waals surface area contributed by atoms with Crippen LogP contribution >= 0.6 is 0 Å². The van der Waals surface area contributed by atoms with Gasteiger partial charge >= 0.3 is 0 Å². The summed E-state index contributed by atoms with van der Waals surface area (Å²) in [6.07, 6.45) is 0. The number of hydrogen-bond acceptors (Lipinski definition) is 2. The molecule has 0 spiro atoms. The van der Waals surface area contributed by atoms with Crippen molar-refractivity contribution in [2.24, 2.45) is 0 Å². The Hall–Kier alpha value is -2.13. The van der Waals surface area contributed by atoms with Crippen molar-refractivity contribution in [2.45, 2.75) is 52.6 Å². The van der Waals surface area contributed by atoms with Crippen LogP contribution in [-0.2, 0) is 4.79 Å². The highest BCUT2D eigenvalue weighted by atomic mass is 16.2. The Morgan fingerprint density at radius 3 is 1.40 bits per heavy atom. The van der Waals surface area contributed by atoms with Crippen LogP contribution in [0.2, 0.25) is 0 Å². The van der Waals surface area contributed by atoms with Gasteiger partial charge in [0.15, 0.2) is 0 Å². The van der Waals surface area contributed by atoms with E-state index in [2.05, 4.69) is 46.4 Å². The van der Waals surface area contributed by atoms with Crippen molar-refractivity contribution in [3.8, 4) is 0 Å². The molecule has 2 aromatic rings. The van der Waals surface area contributed by atoms with Crippen molar-refractivity contribution in [3.63, 3.8) is 0 Å². The van der Waals surface area contributed by atoms with E-state index in [4.69, 9.17) is 0 Å². The zero-order valence-electron chi connectivity index (χ0n) is 16.3. The molecule has 1 amide bonds. The second-order valence-electron chi connectivity index (χ2n) is 8.33. The van der Waals surface area contributed by atoms with Crippen molar-refractivity contribution in [1.29, 1.82) is 0 Å². The third-order valence-electron chi connectivity index (χ3n) is 4.19. The molecule has 0 aromatic heterocycles. The van der Waals surface area contributed by atoms with Crippen LogP contribution in [0, 0.1) is 0 Å². The summed E-state index contributed by atoms with van der Waals surface area (Å²) in [5, 5.41) is 0. The average molecular weight is 338 g/mol. The number of hydrogen-bond donors (Lipinski definition) is 0.